The number of rotatable bonds is 3. The van der Waals surface area contributed by atoms with Crippen LogP contribution in [0.4, 0.5) is 14.9 Å². The van der Waals surface area contributed by atoms with Gasteiger partial charge in [-0.25, -0.2) is 9.18 Å². The molecule has 162 valence electrons. The Kier molecular flexibility index (Phi) is 6.15. The summed E-state index contributed by atoms with van der Waals surface area (Å²) in [5.74, 6) is 5.79. The largest absolute Gasteiger partial charge is 0.394 e. The normalized spacial score (nSPS) is 21.7. The summed E-state index contributed by atoms with van der Waals surface area (Å²) in [6.45, 7) is 3.35. The van der Waals surface area contributed by atoms with Crippen LogP contribution in [0, 0.1) is 23.6 Å². The highest BCUT2D eigenvalue weighted by Crippen LogP contribution is 2.48. The second-order valence-corrected chi connectivity index (χ2v) is 8.19. The molecule has 4 rings (SSSR count). The summed E-state index contributed by atoms with van der Waals surface area (Å²) in [6, 6.07) is 12.1. The smallest absolute Gasteiger partial charge is 0.317 e. The first-order valence-corrected chi connectivity index (χ1v) is 10.8. The molecule has 0 spiro atoms. The average molecular weight is 422 g/mol. The molecule has 1 fully saturated rings. The molecule has 3 atom stereocenters. The van der Waals surface area contributed by atoms with Crippen molar-refractivity contribution in [3.63, 3.8) is 0 Å². The van der Waals surface area contributed by atoms with Gasteiger partial charge in [0.25, 0.3) is 0 Å². The summed E-state index contributed by atoms with van der Waals surface area (Å²) >= 11 is 0. The van der Waals surface area contributed by atoms with Gasteiger partial charge in [-0.2, -0.15) is 0 Å². The molecular formula is C25H28FN3O2. The van der Waals surface area contributed by atoms with Gasteiger partial charge < -0.3 is 20.2 Å². The van der Waals surface area contributed by atoms with Crippen molar-refractivity contribution >= 4 is 11.7 Å². The summed E-state index contributed by atoms with van der Waals surface area (Å²) in [7, 11) is 1.99. The Bertz CT molecular complexity index is 1030. The third-order valence-corrected chi connectivity index (χ3v) is 6.35. The van der Waals surface area contributed by atoms with Gasteiger partial charge in [0.15, 0.2) is 0 Å². The maximum atomic E-state index is 13.9. The number of hydrogen-bond acceptors (Lipinski definition) is 3. The van der Waals surface area contributed by atoms with Crippen molar-refractivity contribution in [3.8, 4) is 11.8 Å². The third kappa shape index (κ3) is 3.98. The molecule has 0 aromatic heterocycles. The van der Waals surface area contributed by atoms with E-state index in [0.29, 0.717) is 18.7 Å². The van der Waals surface area contributed by atoms with Crippen LogP contribution in [-0.2, 0) is 0 Å². The van der Waals surface area contributed by atoms with Crippen molar-refractivity contribution in [3.05, 3.63) is 65.0 Å². The molecule has 2 aliphatic heterocycles. The number of nitrogens with one attached hydrogen (secondary N) is 1. The Morgan fingerprint density at radius 3 is 2.81 bits per heavy atom. The average Bonchev–Trinajstić information content (AvgIpc) is 3.22. The number of benzene rings is 2. The lowest BCUT2D eigenvalue weighted by atomic mass is 9.81. The second-order valence-electron chi connectivity index (χ2n) is 8.19. The Morgan fingerprint density at radius 1 is 1.26 bits per heavy atom. The van der Waals surface area contributed by atoms with Crippen LogP contribution in [0.2, 0.25) is 0 Å². The lowest BCUT2D eigenvalue weighted by Crippen LogP contribution is -2.49. The number of halogens is 1. The van der Waals surface area contributed by atoms with Crippen LogP contribution in [0.3, 0.4) is 0 Å². The Labute approximate surface area is 182 Å². The number of carbonyl (C=O) groups is 1. The second kappa shape index (κ2) is 8.99. The molecule has 0 saturated carbocycles. The van der Waals surface area contributed by atoms with E-state index in [1.54, 1.807) is 18.2 Å². The van der Waals surface area contributed by atoms with Gasteiger partial charge in [0.05, 0.1) is 24.3 Å². The summed E-state index contributed by atoms with van der Waals surface area (Å²) in [6.07, 6.45) is 1.71. The quantitative estimate of drug-likeness (QED) is 0.746. The molecule has 0 radical (unpaired) electrons. The highest BCUT2D eigenvalue weighted by Gasteiger charge is 2.47. The van der Waals surface area contributed by atoms with Gasteiger partial charge in [-0.3, -0.25) is 0 Å². The van der Waals surface area contributed by atoms with Crippen LogP contribution in [0.25, 0.3) is 0 Å². The molecule has 2 aromatic carbocycles. The number of nitrogens with zero attached hydrogens (tertiary/aromatic N) is 2. The van der Waals surface area contributed by atoms with Crippen molar-refractivity contribution in [1.82, 2.24) is 10.2 Å². The zero-order chi connectivity index (χ0) is 22.0. The number of urea groups is 1. The zero-order valence-corrected chi connectivity index (χ0v) is 17.9. The highest BCUT2D eigenvalue weighted by molar-refractivity contribution is 5.76. The Morgan fingerprint density at radius 2 is 2.06 bits per heavy atom. The third-order valence-electron chi connectivity index (χ3n) is 6.35. The first-order valence-electron chi connectivity index (χ1n) is 10.8. The van der Waals surface area contributed by atoms with Gasteiger partial charge >= 0.3 is 6.03 Å². The molecule has 2 aromatic rings. The first-order chi connectivity index (χ1) is 15.0. The standard InChI is InChI=1S/C25H28FN3O2/c1-3-13-27-25(31)29-14-12-19-23(16-30)28(2)22-11-9-17(15-20(22)24(19)29)8-10-18-6-4-5-7-21(18)26/h4-7,9,11,15,19,23-24,30H,3,12-14,16H2,1-2H3,(H,27,31)/t19-,23-,24-/m1/s1. The number of carbonyl (C=O) groups excluding carboxylic acids is 1. The molecule has 6 heteroatoms. The fraction of sp³-hybridized carbons (Fsp3) is 0.400. The monoisotopic (exact) mass is 421 g/mol. The van der Waals surface area contributed by atoms with Crippen LogP contribution >= 0.6 is 0 Å². The summed E-state index contributed by atoms with van der Waals surface area (Å²) < 4.78 is 13.9. The minimum Gasteiger partial charge on any atom is -0.394 e. The van der Waals surface area contributed by atoms with E-state index in [0.717, 1.165) is 29.7 Å². The molecule has 0 unspecified atom stereocenters. The Hall–Kier alpha value is -3.04. The number of anilines is 1. The van der Waals surface area contributed by atoms with E-state index in [1.807, 2.05) is 37.1 Å². The van der Waals surface area contributed by atoms with Crippen LogP contribution < -0.4 is 10.2 Å². The van der Waals surface area contributed by atoms with Crippen LogP contribution in [0.5, 0.6) is 0 Å². The molecule has 0 aliphatic carbocycles. The van der Waals surface area contributed by atoms with Gasteiger partial charge in [-0.1, -0.05) is 30.9 Å². The summed E-state index contributed by atoms with van der Waals surface area (Å²) in [4.78, 5) is 16.8. The van der Waals surface area contributed by atoms with Gasteiger partial charge in [-0.15, -0.1) is 0 Å². The van der Waals surface area contributed by atoms with Crippen LogP contribution in [0.15, 0.2) is 42.5 Å². The number of amides is 2. The van der Waals surface area contributed by atoms with E-state index in [4.69, 9.17) is 0 Å². The molecule has 2 aliphatic rings. The van der Waals surface area contributed by atoms with Crippen molar-refractivity contribution in [2.75, 3.05) is 31.6 Å². The van der Waals surface area contributed by atoms with E-state index < -0.39 is 0 Å². The summed E-state index contributed by atoms with van der Waals surface area (Å²) in [5, 5.41) is 13.1. The van der Waals surface area contributed by atoms with Crippen LogP contribution in [0.1, 0.15) is 42.5 Å². The first kappa shape index (κ1) is 21.2. The topological polar surface area (TPSA) is 55.8 Å². The lowest BCUT2D eigenvalue weighted by molar-refractivity contribution is 0.161. The number of likely N-dealkylation sites (tertiary alicyclic amines) is 1. The zero-order valence-electron chi connectivity index (χ0n) is 17.9. The van der Waals surface area contributed by atoms with E-state index in [2.05, 4.69) is 22.1 Å². The fourth-order valence-corrected chi connectivity index (χ4v) is 4.80. The van der Waals surface area contributed by atoms with Crippen molar-refractivity contribution < 1.29 is 14.3 Å². The number of likely N-dealkylation sites (N-methyl/N-ethyl adjacent to an activating group) is 1. The number of fused-ring (bicyclic) bond motifs is 3. The SMILES string of the molecule is CCCNC(=O)N1CC[C@@H]2[C@@H](CO)N(C)c3ccc(C#Cc4ccccc4F)cc3[C@@H]21. The van der Waals surface area contributed by atoms with Gasteiger partial charge in [0.2, 0.25) is 0 Å². The highest BCUT2D eigenvalue weighted by atomic mass is 19.1. The molecule has 0 bridgehead atoms. The minimum absolute atomic E-state index is 0.0381. The molecule has 2 heterocycles. The predicted octanol–water partition coefficient (Wildman–Crippen LogP) is 3.52. The Balaban J connectivity index is 1.72. The number of aliphatic hydroxyl groups is 1. The summed E-state index contributed by atoms with van der Waals surface area (Å²) in [5.41, 5.74) is 3.16. The number of hydrogen-bond donors (Lipinski definition) is 2. The fourth-order valence-electron chi connectivity index (χ4n) is 4.80. The van der Waals surface area contributed by atoms with Crippen LogP contribution in [-0.4, -0.2) is 48.8 Å². The lowest BCUT2D eigenvalue weighted by Gasteiger charge is -2.44. The van der Waals surface area contributed by atoms with Crippen molar-refractivity contribution in [2.24, 2.45) is 5.92 Å². The van der Waals surface area contributed by atoms with E-state index in [9.17, 15) is 14.3 Å². The van der Waals surface area contributed by atoms with E-state index >= 15 is 0 Å². The molecule has 31 heavy (non-hydrogen) atoms. The van der Waals surface area contributed by atoms with Crippen molar-refractivity contribution in [1.29, 1.82) is 0 Å². The number of aliphatic hydroxyl groups excluding tert-OH is 1. The predicted molar refractivity (Wildman–Crippen MR) is 119 cm³/mol. The molecule has 1 saturated heterocycles. The minimum atomic E-state index is -0.340. The molecule has 2 N–H and O–H groups in total. The van der Waals surface area contributed by atoms with E-state index in [-0.39, 0.29) is 36.5 Å². The molecule has 2 amide bonds. The van der Waals surface area contributed by atoms with E-state index in [1.165, 1.54) is 6.07 Å². The van der Waals surface area contributed by atoms with Gasteiger partial charge in [-0.05, 0) is 48.7 Å². The van der Waals surface area contributed by atoms with Gasteiger partial charge in [0, 0.05) is 37.3 Å². The maximum Gasteiger partial charge on any atom is 0.317 e. The maximum absolute atomic E-state index is 13.9. The van der Waals surface area contributed by atoms with Crippen molar-refractivity contribution in [2.45, 2.75) is 31.8 Å². The van der Waals surface area contributed by atoms with Gasteiger partial charge in [0.1, 0.15) is 5.82 Å². The molecular weight excluding hydrogens is 393 g/mol. The molecule has 5 nitrogen and oxygen atoms in total.